The van der Waals surface area contributed by atoms with E-state index in [1.165, 1.54) is 26.0 Å². The molecule has 8 nitrogen and oxygen atoms in total. The summed E-state index contributed by atoms with van der Waals surface area (Å²) in [5, 5.41) is 2.62. The normalized spacial score (nSPS) is 19.9. The molecule has 0 bridgehead atoms. The molecule has 2 saturated heterocycles. The Morgan fingerprint density at radius 1 is 1.26 bits per heavy atom. The van der Waals surface area contributed by atoms with E-state index in [0.29, 0.717) is 26.3 Å². The van der Waals surface area contributed by atoms with E-state index in [1.54, 1.807) is 4.90 Å². The summed E-state index contributed by atoms with van der Waals surface area (Å²) in [6.45, 7) is 7.21. The molecule has 1 unspecified atom stereocenters. The van der Waals surface area contributed by atoms with E-state index >= 15 is 4.39 Å². The average molecular weight is 534 g/mol. The third-order valence-corrected chi connectivity index (χ3v) is 7.11. The molecule has 1 amide bonds. The topological polar surface area (TPSA) is 100 Å². The second-order valence-electron chi connectivity index (χ2n) is 10.5. The summed E-state index contributed by atoms with van der Waals surface area (Å²) in [5.41, 5.74) is -2.50. The highest BCUT2D eigenvalue weighted by Gasteiger charge is 2.45. The van der Waals surface area contributed by atoms with Gasteiger partial charge in [-0.3, -0.25) is 9.59 Å². The molecule has 3 aromatic rings. The molecule has 5 rings (SSSR count). The maximum Gasteiger partial charge on any atom is 0.433 e. The summed E-state index contributed by atoms with van der Waals surface area (Å²) in [6, 6.07) is 3.85. The van der Waals surface area contributed by atoms with Crippen LogP contribution in [0.1, 0.15) is 53.7 Å². The van der Waals surface area contributed by atoms with Gasteiger partial charge in [-0.25, -0.2) is 14.4 Å². The largest absolute Gasteiger partial charge is 0.433 e. The molecule has 38 heavy (non-hydrogen) atoms. The Kier molecular flexibility index (Phi) is 6.41. The number of H-pyrrole nitrogens is 1. The van der Waals surface area contributed by atoms with Gasteiger partial charge in [0.25, 0.3) is 11.5 Å². The van der Waals surface area contributed by atoms with Gasteiger partial charge < -0.3 is 19.9 Å². The summed E-state index contributed by atoms with van der Waals surface area (Å²) in [5.74, 6) is -0.671. The van der Waals surface area contributed by atoms with Crippen molar-refractivity contribution in [2.24, 2.45) is 11.3 Å². The Labute approximate surface area is 215 Å². The molecule has 1 spiro atoms. The molecule has 12 heteroatoms. The summed E-state index contributed by atoms with van der Waals surface area (Å²) in [6.07, 6.45) is -3.86. The van der Waals surface area contributed by atoms with Crippen LogP contribution in [0.2, 0.25) is 0 Å². The predicted molar refractivity (Wildman–Crippen MR) is 131 cm³/mol. The Hall–Kier alpha value is -3.54. The lowest BCUT2D eigenvalue weighted by molar-refractivity contribution is -0.147. The third-order valence-electron chi connectivity index (χ3n) is 7.11. The maximum absolute atomic E-state index is 15.1. The van der Waals surface area contributed by atoms with Crippen molar-refractivity contribution in [3.05, 3.63) is 63.1 Å². The fourth-order valence-electron chi connectivity index (χ4n) is 5.47. The molecule has 202 valence electrons. The molecular weight excluding hydrogens is 506 g/mol. The number of carbonyl (C=O) groups is 1. The SMILES string of the molecule is Cc1nc2nc(C(F)(F)F)c([C@H](C)Nc3ccc(C(=O)N4CC(C)CC5(COC5)C4)cc3F)cc2c(=O)[nH]1. The minimum atomic E-state index is -4.83. The molecule has 2 aliphatic heterocycles. The lowest BCUT2D eigenvalue weighted by Gasteiger charge is -2.50. The molecule has 2 N–H and O–H groups in total. The van der Waals surface area contributed by atoms with Crippen LogP contribution in [-0.2, 0) is 10.9 Å². The molecule has 2 aromatic heterocycles. The fraction of sp³-hybridized carbons (Fsp3) is 0.462. The van der Waals surface area contributed by atoms with E-state index in [4.69, 9.17) is 4.74 Å². The van der Waals surface area contributed by atoms with Gasteiger partial charge in [-0.05, 0) is 50.5 Å². The lowest BCUT2D eigenvalue weighted by Crippen LogP contribution is -2.57. The average Bonchev–Trinajstić information content (AvgIpc) is 2.82. The first kappa shape index (κ1) is 26.1. The zero-order valence-electron chi connectivity index (χ0n) is 21.1. The van der Waals surface area contributed by atoms with Gasteiger partial charge in [-0.15, -0.1) is 0 Å². The Morgan fingerprint density at radius 2 is 2.00 bits per heavy atom. The van der Waals surface area contributed by atoms with Gasteiger partial charge >= 0.3 is 6.18 Å². The van der Waals surface area contributed by atoms with Crippen LogP contribution in [0, 0.1) is 24.1 Å². The third kappa shape index (κ3) is 4.84. The standard InChI is InChI=1S/C26H27F4N5O3/c1-13-8-25(11-38-12-25)10-35(9-13)24(37)16-4-5-20(19(27)6-16)31-14(2)17-7-18-22(32-15(3)33-23(18)36)34-21(17)26(28,29)30/h4-7,13-14,31H,8-12H2,1-3H3,(H,32,33,34,36)/t13?,14-/m0/s1. The maximum atomic E-state index is 15.1. The van der Waals surface area contributed by atoms with Gasteiger partial charge in [0.1, 0.15) is 11.6 Å². The predicted octanol–water partition coefficient (Wildman–Crippen LogP) is 4.46. The number of aryl methyl sites for hydroxylation is 1. The van der Waals surface area contributed by atoms with Gasteiger partial charge in [-0.2, -0.15) is 13.2 Å². The number of anilines is 1. The molecule has 2 aliphatic rings. The highest BCUT2D eigenvalue weighted by atomic mass is 19.4. The smallest absolute Gasteiger partial charge is 0.380 e. The monoisotopic (exact) mass is 533 g/mol. The van der Waals surface area contributed by atoms with Gasteiger partial charge in [0.15, 0.2) is 11.3 Å². The first-order chi connectivity index (χ1) is 17.8. The highest BCUT2D eigenvalue weighted by Crippen LogP contribution is 2.40. The van der Waals surface area contributed by atoms with Crippen LogP contribution in [0.4, 0.5) is 23.2 Å². The molecule has 1 aromatic carbocycles. The number of piperidine rings is 1. The van der Waals surface area contributed by atoms with Crippen molar-refractivity contribution in [3.8, 4) is 0 Å². The van der Waals surface area contributed by atoms with Crippen LogP contribution in [0.5, 0.6) is 0 Å². The summed E-state index contributed by atoms with van der Waals surface area (Å²) in [7, 11) is 0. The second kappa shape index (κ2) is 9.33. The number of hydrogen-bond donors (Lipinski definition) is 2. The van der Waals surface area contributed by atoms with Crippen LogP contribution in [-0.4, -0.2) is 52.1 Å². The first-order valence-electron chi connectivity index (χ1n) is 12.3. The quantitative estimate of drug-likeness (QED) is 0.481. The van der Waals surface area contributed by atoms with E-state index in [0.717, 1.165) is 18.6 Å². The van der Waals surface area contributed by atoms with E-state index in [1.807, 2.05) is 0 Å². The molecule has 0 aliphatic carbocycles. The summed E-state index contributed by atoms with van der Waals surface area (Å²) < 4.78 is 62.0. The Morgan fingerprint density at radius 3 is 2.63 bits per heavy atom. The lowest BCUT2D eigenvalue weighted by atomic mass is 9.74. The number of aromatic nitrogens is 3. The number of rotatable bonds is 4. The fourth-order valence-corrected chi connectivity index (χ4v) is 5.47. The Balaban J connectivity index is 1.41. The zero-order chi connectivity index (χ0) is 27.4. The summed E-state index contributed by atoms with van der Waals surface area (Å²) in [4.78, 5) is 37.2. The minimum absolute atomic E-state index is 0.0528. The number of halogens is 4. The number of benzene rings is 1. The van der Waals surface area contributed by atoms with E-state index in [-0.39, 0.29) is 50.9 Å². The van der Waals surface area contributed by atoms with Crippen molar-refractivity contribution >= 4 is 22.6 Å². The molecular formula is C26H27F4N5O3. The molecule has 2 fully saturated rings. The first-order valence-corrected chi connectivity index (χ1v) is 12.3. The number of fused-ring (bicyclic) bond motifs is 1. The highest BCUT2D eigenvalue weighted by molar-refractivity contribution is 5.94. The van der Waals surface area contributed by atoms with Crippen LogP contribution >= 0.6 is 0 Å². The number of carbonyl (C=O) groups excluding carboxylic acids is 1. The van der Waals surface area contributed by atoms with Crippen molar-refractivity contribution in [2.45, 2.75) is 39.4 Å². The summed E-state index contributed by atoms with van der Waals surface area (Å²) >= 11 is 0. The number of nitrogens with zero attached hydrogens (tertiary/aromatic N) is 3. The van der Waals surface area contributed by atoms with Gasteiger partial charge in [-0.1, -0.05) is 6.92 Å². The van der Waals surface area contributed by atoms with Crippen LogP contribution in [0.15, 0.2) is 29.1 Å². The van der Waals surface area contributed by atoms with Gasteiger partial charge in [0.05, 0.1) is 30.3 Å². The number of alkyl halides is 3. The minimum Gasteiger partial charge on any atom is -0.380 e. The van der Waals surface area contributed by atoms with E-state index in [2.05, 4.69) is 27.2 Å². The number of pyridine rings is 1. The van der Waals surface area contributed by atoms with Crippen molar-refractivity contribution in [1.29, 1.82) is 0 Å². The molecule has 0 radical (unpaired) electrons. The second-order valence-corrected chi connectivity index (χ2v) is 10.5. The molecule has 0 saturated carbocycles. The number of aromatic amines is 1. The van der Waals surface area contributed by atoms with Crippen LogP contribution < -0.4 is 10.9 Å². The number of nitrogens with one attached hydrogen (secondary N) is 2. The number of amides is 1. The van der Waals surface area contributed by atoms with Crippen molar-refractivity contribution in [3.63, 3.8) is 0 Å². The van der Waals surface area contributed by atoms with Crippen molar-refractivity contribution < 1.29 is 27.1 Å². The zero-order valence-corrected chi connectivity index (χ0v) is 21.1. The van der Waals surface area contributed by atoms with Gasteiger partial charge in [0.2, 0.25) is 0 Å². The number of hydrogen-bond acceptors (Lipinski definition) is 6. The van der Waals surface area contributed by atoms with Crippen LogP contribution in [0.25, 0.3) is 11.0 Å². The van der Waals surface area contributed by atoms with Crippen molar-refractivity contribution in [2.75, 3.05) is 31.6 Å². The van der Waals surface area contributed by atoms with E-state index in [9.17, 15) is 22.8 Å². The number of likely N-dealkylation sites (tertiary alicyclic amines) is 1. The molecule has 2 atom stereocenters. The Bertz CT molecular complexity index is 1470. The van der Waals surface area contributed by atoms with Crippen molar-refractivity contribution in [1.82, 2.24) is 19.9 Å². The number of ether oxygens (including phenoxy) is 1. The molecule has 4 heterocycles. The van der Waals surface area contributed by atoms with Gasteiger partial charge in [0, 0.05) is 29.6 Å². The van der Waals surface area contributed by atoms with E-state index < -0.39 is 29.3 Å². The van der Waals surface area contributed by atoms with Crippen LogP contribution in [0.3, 0.4) is 0 Å².